The quantitative estimate of drug-likeness (QED) is 0.628. The molecule has 0 bridgehead atoms. The van der Waals surface area contributed by atoms with E-state index in [0.29, 0.717) is 12.2 Å². The summed E-state index contributed by atoms with van der Waals surface area (Å²) >= 11 is 0. The maximum Gasteiger partial charge on any atom is 0.150 e. The lowest BCUT2D eigenvalue weighted by Crippen LogP contribution is -2.42. The number of hydrogen-bond donors (Lipinski definition) is 0. The van der Waals surface area contributed by atoms with Gasteiger partial charge in [-0.05, 0) is 99.5 Å². The van der Waals surface area contributed by atoms with Crippen molar-refractivity contribution in [2.24, 2.45) is 0 Å². The van der Waals surface area contributed by atoms with E-state index in [1.54, 1.807) is 12.1 Å². The van der Waals surface area contributed by atoms with Crippen LogP contribution in [-0.2, 0) is 6.42 Å². The van der Waals surface area contributed by atoms with Crippen LogP contribution in [0.3, 0.4) is 0 Å². The Balaban J connectivity index is 0.00000126. The highest BCUT2D eigenvalue weighted by molar-refractivity contribution is 5.74. The van der Waals surface area contributed by atoms with Crippen molar-refractivity contribution < 1.29 is 14.3 Å². The smallest absolute Gasteiger partial charge is 0.150 e. The molecule has 0 radical (unpaired) electrons. The number of benzene rings is 2. The molecule has 3 rings (SSSR count). The third kappa shape index (κ3) is 4.35. The number of hydrogen-bond acceptors (Lipinski definition) is 3. The van der Waals surface area contributed by atoms with Crippen molar-refractivity contribution in [1.29, 1.82) is 0 Å². The second-order valence-corrected chi connectivity index (χ2v) is 7.34. The van der Waals surface area contributed by atoms with Crippen molar-refractivity contribution in [3.8, 4) is 11.5 Å². The molecule has 0 amide bonds. The van der Waals surface area contributed by atoms with Crippen LogP contribution in [0, 0.1) is 27.7 Å². The fraction of sp³-hybridized carbons (Fsp3) is 0.458. The van der Waals surface area contributed by atoms with Crippen LogP contribution < -0.4 is 9.47 Å². The molecule has 27 heavy (non-hydrogen) atoms. The average molecular weight is 369 g/mol. The van der Waals surface area contributed by atoms with Gasteiger partial charge in [0.15, 0.2) is 0 Å². The monoisotopic (exact) mass is 368 g/mol. The minimum atomic E-state index is -0.352. The van der Waals surface area contributed by atoms with Gasteiger partial charge in [0, 0.05) is 5.56 Å². The molecule has 3 heteroatoms. The maximum absolute atomic E-state index is 10.7. The molecule has 3 nitrogen and oxygen atoms in total. The lowest BCUT2D eigenvalue weighted by Gasteiger charge is -2.38. The van der Waals surface area contributed by atoms with Gasteiger partial charge < -0.3 is 9.47 Å². The van der Waals surface area contributed by atoms with Crippen LogP contribution in [0.15, 0.2) is 24.3 Å². The fourth-order valence-electron chi connectivity index (χ4n) is 3.46. The second kappa shape index (κ2) is 8.60. The van der Waals surface area contributed by atoms with Crippen LogP contribution in [0.25, 0.3) is 0 Å². The minimum Gasteiger partial charge on any atom is -0.489 e. The normalized spacial score (nSPS) is 17.9. The molecule has 1 unspecified atom stereocenters. The lowest BCUT2D eigenvalue weighted by molar-refractivity contribution is 0.0167. The highest BCUT2D eigenvalue weighted by atomic mass is 16.5. The van der Waals surface area contributed by atoms with Crippen LogP contribution in [0.5, 0.6) is 11.5 Å². The Bertz CT molecular complexity index is 806. The molecular formula is C24H32O3. The second-order valence-electron chi connectivity index (χ2n) is 7.34. The Morgan fingerprint density at radius 2 is 1.59 bits per heavy atom. The average Bonchev–Trinajstić information content (AvgIpc) is 2.71. The predicted octanol–water partition coefficient (Wildman–Crippen LogP) is 5.92. The first kappa shape index (κ1) is 21.0. The summed E-state index contributed by atoms with van der Waals surface area (Å²) in [5.74, 6) is 1.79. The van der Waals surface area contributed by atoms with Gasteiger partial charge in [-0.1, -0.05) is 13.8 Å². The number of fused-ring (bicyclic) bond motifs is 1. The van der Waals surface area contributed by atoms with Gasteiger partial charge in [0.05, 0.1) is 0 Å². The summed E-state index contributed by atoms with van der Waals surface area (Å²) in [4.78, 5) is 10.7. The fourth-order valence-corrected chi connectivity index (χ4v) is 3.46. The van der Waals surface area contributed by atoms with Crippen molar-refractivity contribution >= 4 is 6.29 Å². The highest BCUT2D eigenvalue weighted by Crippen LogP contribution is 2.40. The minimum absolute atomic E-state index is 0.352. The Morgan fingerprint density at radius 1 is 1.00 bits per heavy atom. The van der Waals surface area contributed by atoms with Crippen molar-refractivity contribution in [3.05, 3.63) is 57.6 Å². The van der Waals surface area contributed by atoms with Crippen molar-refractivity contribution in [2.45, 2.75) is 66.9 Å². The largest absolute Gasteiger partial charge is 0.489 e. The van der Waals surface area contributed by atoms with Gasteiger partial charge in [-0.3, -0.25) is 4.79 Å². The van der Waals surface area contributed by atoms with E-state index in [1.165, 1.54) is 27.8 Å². The molecule has 2 aromatic carbocycles. The SMILES string of the molecule is CC.Cc1c(C)c(C)c2c(c1C)CCC(C)(COc1ccc(C=O)cc1)O2. The Morgan fingerprint density at radius 3 is 2.19 bits per heavy atom. The van der Waals surface area contributed by atoms with Crippen LogP contribution in [0.4, 0.5) is 0 Å². The molecule has 0 aromatic heterocycles. The number of aldehydes is 1. The molecule has 146 valence electrons. The molecular weight excluding hydrogens is 336 g/mol. The van der Waals surface area contributed by atoms with E-state index in [2.05, 4.69) is 34.6 Å². The van der Waals surface area contributed by atoms with E-state index in [-0.39, 0.29) is 5.60 Å². The third-order valence-electron chi connectivity index (χ3n) is 5.57. The van der Waals surface area contributed by atoms with Crippen LogP contribution in [0.1, 0.15) is 65.4 Å². The molecule has 1 aliphatic heterocycles. The summed E-state index contributed by atoms with van der Waals surface area (Å²) in [6, 6.07) is 7.18. The maximum atomic E-state index is 10.7. The molecule has 1 aliphatic rings. The van der Waals surface area contributed by atoms with E-state index in [0.717, 1.165) is 30.6 Å². The van der Waals surface area contributed by atoms with Gasteiger partial charge in [0.25, 0.3) is 0 Å². The molecule has 1 heterocycles. The Labute approximate surface area is 163 Å². The van der Waals surface area contributed by atoms with Crippen LogP contribution in [0.2, 0.25) is 0 Å². The predicted molar refractivity (Wildman–Crippen MR) is 111 cm³/mol. The number of rotatable bonds is 4. The Hall–Kier alpha value is -2.29. The number of carbonyl (C=O) groups is 1. The van der Waals surface area contributed by atoms with E-state index < -0.39 is 0 Å². The molecule has 0 saturated carbocycles. The van der Waals surface area contributed by atoms with Gasteiger partial charge in [-0.15, -0.1) is 0 Å². The van der Waals surface area contributed by atoms with Gasteiger partial charge in [-0.25, -0.2) is 0 Å². The zero-order valence-corrected chi connectivity index (χ0v) is 17.7. The summed E-state index contributed by atoms with van der Waals surface area (Å²) in [6.45, 7) is 15.3. The first-order valence-corrected chi connectivity index (χ1v) is 9.81. The molecule has 0 saturated heterocycles. The van der Waals surface area contributed by atoms with Gasteiger partial charge >= 0.3 is 0 Å². The summed E-state index contributed by atoms with van der Waals surface area (Å²) in [6.07, 6.45) is 2.77. The number of carbonyl (C=O) groups excluding carboxylic acids is 1. The topological polar surface area (TPSA) is 35.5 Å². The standard InChI is InChI=1S/C22H26O3.C2H6/c1-14-15(2)17(4)21-20(16(14)3)10-11-22(5,25-21)13-24-19-8-6-18(12-23)7-9-19;1-2/h6-9,12H,10-11,13H2,1-5H3;1-2H3. The molecule has 0 spiro atoms. The molecule has 0 N–H and O–H groups in total. The van der Waals surface area contributed by atoms with Gasteiger partial charge in [0.2, 0.25) is 0 Å². The van der Waals surface area contributed by atoms with E-state index in [4.69, 9.17) is 9.47 Å². The lowest BCUT2D eigenvalue weighted by atomic mass is 9.85. The zero-order valence-electron chi connectivity index (χ0n) is 17.7. The van der Waals surface area contributed by atoms with Crippen molar-refractivity contribution in [1.82, 2.24) is 0 Å². The van der Waals surface area contributed by atoms with Crippen LogP contribution in [-0.4, -0.2) is 18.5 Å². The Kier molecular flexibility index (Phi) is 6.69. The first-order chi connectivity index (χ1) is 12.8. The van der Waals surface area contributed by atoms with E-state index in [9.17, 15) is 4.79 Å². The summed E-state index contributed by atoms with van der Waals surface area (Å²) in [5.41, 5.74) is 6.91. The number of ether oxygens (including phenoxy) is 2. The van der Waals surface area contributed by atoms with Gasteiger partial charge in [0.1, 0.15) is 30.0 Å². The van der Waals surface area contributed by atoms with E-state index in [1.807, 2.05) is 26.0 Å². The van der Waals surface area contributed by atoms with Crippen molar-refractivity contribution in [2.75, 3.05) is 6.61 Å². The highest BCUT2D eigenvalue weighted by Gasteiger charge is 2.35. The van der Waals surface area contributed by atoms with Gasteiger partial charge in [-0.2, -0.15) is 0 Å². The summed E-state index contributed by atoms with van der Waals surface area (Å²) in [5, 5.41) is 0. The molecule has 0 aliphatic carbocycles. The van der Waals surface area contributed by atoms with E-state index >= 15 is 0 Å². The summed E-state index contributed by atoms with van der Waals surface area (Å²) in [7, 11) is 0. The third-order valence-corrected chi connectivity index (χ3v) is 5.57. The zero-order chi connectivity index (χ0) is 20.2. The summed E-state index contributed by atoms with van der Waals surface area (Å²) < 4.78 is 12.4. The van der Waals surface area contributed by atoms with Crippen molar-refractivity contribution in [3.63, 3.8) is 0 Å². The molecule has 1 atom stereocenters. The molecule has 0 fully saturated rings. The van der Waals surface area contributed by atoms with Crippen LogP contribution >= 0.6 is 0 Å². The molecule has 2 aromatic rings. The first-order valence-electron chi connectivity index (χ1n) is 9.81.